The molecule has 1 N–H and O–H groups in total. The second-order valence-electron chi connectivity index (χ2n) is 6.83. The molecule has 2 amide bonds. The van der Waals surface area contributed by atoms with E-state index in [1.165, 1.54) is 19.3 Å². The Hall–Kier alpha value is -2.30. The summed E-state index contributed by atoms with van der Waals surface area (Å²) >= 11 is 0. The molecule has 1 atom stereocenters. The zero-order valence-corrected chi connectivity index (χ0v) is 15.0. The van der Waals surface area contributed by atoms with Gasteiger partial charge in [-0.05, 0) is 18.4 Å². The van der Waals surface area contributed by atoms with Crippen molar-refractivity contribution in [1.29, 1.82) is 0 Å². The molecule has 2 aromatic rings. The third kappa shape index (κ3) is 4.84. The molecule has 3 rings (SSSR count). The Morgan fingerprint density at radius 1 is 1.12 bits per heavy atom. The van der Waals surface area contributed by atoms with E-state index in [9.17, 15) is 4.79 Å². The van der Waals surface area contributed by atoms with Gasteiger partial charge in [-0.1, -0.05) is 49.6 Å². The van der Waals surface area contributed by atoms with E-state index in [-0.39, 0.29) is 12.1 Å². The van der Waals surface area contributed by atoms with Crippen LogP contribution in [0.2, 0.25) is 0 Å². The minimum atomic E-state index is -0.0692. The Morgan fingerprint density at radius 2 is 1.80 bits per heavy atom. The highest BCUT2D eigenvalue weighted by atomic mass is 16.2. The molecule has 5 heteroatoms. The number of hydrogen-bond donors (Lipinski definition) is 1. The number of hydrogen-bond acceptors (Lipinski definition) is 2. The van der Waals surface area contributed by atoms with Crippen molar-refractivity contribution in [3.8, 4) is 0 Å². The van der Waals surface area contributed by atoms with Crippen LogP contribution in [0.1, 0.15) is 49.5 Å². The van der Waals surface area contributed by atoms with Crippen LogP contribution in [0.25, 0.3) is 0 Å². The molecule has 5 nitrogen and oxygen atoms in total. The van der Waals surface area contributed by atoms with Gasteiger partial charge < -0.3 is 14.8 Å². The van der Waals surface area contributed by atoms with Gasteiger partial charge in [-0.3, -0.25) is 0 Å². The molecule has 1 saturated heterocycles. The molecular formula is C20H28N4O. The summed E-state index contributed by atoms with van der Waals surface area (Å²) in [7, 11) is 1.99. The average molecular weight is 340 g/mol. The number of carbonyl (C=O) groups is 1. The number of aryl methyl sites for hydroxylation is 1. The Bertz CT molecular complexity index is 659. The number of benzene rings is 1. The van der Waals surface area contributed by atoms with Gasteiger partial charge in [-0.2, -0.15) is 0 Å². The minimum Gasteiger partial charge on any atom is -0.338 e. The van der Waals surface area contributed by atoms with E-state index < -0.39 is 0 Å². The smallest absolute Gasteiger partial charge is 0.317 e. The van der Waals surface area contributed by atoms with E-state index in [1.807, 2.05) is 40.9 Å². The molecule has 1 aromatic carbocycles. The Morgan fingerprint density at radius 3 is 2.44 bits per heavy atom. The monoisotopic (exact) mass is 340 g/mol. The van der Waals surface area contributed by atoms with Gasteiger partial charge in [-0.15, -0.1) is 0 Å². The number of imidazole rings is 1. The van der Waals surface area contributed by atoms with Gasteiger partial charge in [-0.25, -0.2) is 9.78 Å². The van der Waals surface area contributed by atoms with Crippen molar-refractivity contribution < 1.29 is 4.79 Å². The van der Waals surface area contributed by atoms with Crippen LogP contribution in [0.15, 0.2) is 42.7 Å². The zero-order chi connectivity index (χ0) is 17.5. The van der Waals surface area contributed by atoms with Crippen LogP contribution in [-0.2, 0) is 13.5 Å². The van der Waals surface area contributed by atoms with E-state index in [1.54, 1.807) is 6.20 Å². The van der Waals surface area contributed by atoms with Crippen molar-refractivity contribution in [3.05, 3.63) is 54.1 Å². The molecular weight excluding hydrogens is 312 g/mol. The molecule has 134 valence electrons. The van der Waals surface area contributed by atoms with Crippen molar-refractivity contribution >= 4 is 6.03 Å². The van der Waals surface area contributed by atoms with E-state index in [2.05, 4.69) is 22.4 Å². The lowest BCUT2D eigenvalue weighted by molar-refractivity contribution is 0.188. The number of nitrogens with zero attached hydrogens (tertiary/aromatic N) is 3. The second-order valence-corrected chi connectivity index (χ2v) is 6.83. The Labute approximate surface area is 150 Å². The molecule has 0 radical (unpaired) electrons. The molecule has 2 heterocycles. The fourth-order valence-electron chi connectivity index (χ4n) is 3.40. The van der Waals surface area contributed by atoms with Crippen LogP contribution in [0.5, 0.6) is 0 Å². The fraction of sp³-hybridized carbons (Fsp3) is 0.500. The summed E-state index contributed by atoms with van der Waals surface area (Å²) in [6, 6.07) is 10.2. The fourth-order valence-corrected chi connectivity index (χ4v) is 3.40. The van der Waals surface area contributed by atoms with Crippen LogP contribution in [0.4, 0.5) is 4.79 Å². The standard InChI is InChI=1S/C20H28N4O/c1-23-15-12-21-19(23)16-18(17-10-6-5-7-11-17)22-20(25)24-13-8-3-2-4-9-14-24/h5-7,10-12,15,18H,2-4,8-9,13-14,16H2,1H3,(H,22,25). The molecule has 1 fully saturated rings. The van der Waals surface area contributed by atoms with Crippen molar-refractivity contribution in [1.82, 2.24) is 19.8 Å². The van der Waals surface area contributed by atoms with Gasteiger partial charge in [0.2, 0.25) is 0 Å². The third-order valence-electron chi connectivity index (χ3n) is 4.95. The lowest BCUT2D eigenvalue weighted by Crippen LogP contribution is -2.43. The highest BCUT2D eigenvalue weighted by Gasteiger charge is 2.21. The van der Waals surface area contributed by atoms with Crippen LogP contribution in [0.3, 0.4) is 0 Å². The van der Waals surface area contributed by atoms with Crippen molar-refractivity contribution in [2.24, 2.45) is 7.05 Å². The van der Waals surface area contributed by atoms with Gasteiger partial charge >= 0.3 is 6.03 Å². The van der Waals surface area contributed by atoms with Gasteiger partial charge in [0, 0.05) is 39.0 Å². The topological polar surface area (TPSA) is 50.2 Å². The first-order valence-electron chi connectivity index (χ1n) is 9.30. The van der Waals surface area contributed by atoms with Crippen molar-refractivity contribution in [3.63, 3.8) is 0 Å². The zero-order valence-electron chi connectivity index (χ0n) is 15.0. The van der Waals surface area contributed by atoms with Crippen LogP contribution in [0, 0.1) is 0 Å². The number of urea groups is 1. The number of rotatable bonds is 4. The van der Waals surface area contributed by atoms with Crippen molar-refractivity contribution in [2.45, 2.75) is 44.6 Å². The van der Waals surface area contributed by atoms with Gasteiger partial charge in [0.25, 0.3) is 0 Å². The predicted molar refractivity (Wildman–Crippen MR) is 99.3 cm³/mol. The molecule has 0 spiro atoms. The summed E-state index contributed by atoms with van der Waals surface area (Å²) in [6.45, 7) is 1.71. The SMILES string of the molecule is Cn1ccnc1CC(NC(=O)N1CCCCCCC1)c1ccccc1. The summed E-state index contributed by atoms with van der Waals surface area (Å²) in [4.78, 5) is 19.3. The highest BCUT2D eigenvalue weighted by molar-refractivity contribution is 5.74. The summed E-state index contributed by atoms with van der Waals surface area (Å²) in [5, 5.41) is 3.25. The molecule has 25 heavy (non-hydrogen) atoms. The molecule has 0 aliphatic carbocycles. The quantitative estimate of drug-likeness (QED) is 0.923. The molecule has 1 aliphatic heterocycles. The summed E-state index contributed by atoms with van der Waals surface area (Å²) in [6.07, 6.45) is 10.4. The molecule has 0 bridgehead atoms. The second kappa shape index (κ2) is 8.70. The summed E-state index contributed by atoms with van der Waals surface area (Å²) in [5.74, 6) is 0.974. The largest absolute Gasteiger partial charge is 0.338 e. The highest BCUT2D eigenvalue weighted by Crippen LogP contribution is 2.19. The lowest BCUT2D eigenvalue weighted by atomic mass is 10.0. The van der Waals surface area contributed by atoms with E-state index in [0.717, 1.165) is 37.3 Å². The number of likely N-dealkylation sites (tertiary alicyclic amines) is 1. The van der Waals surface area contributed by atoms with E-state index in [0.29, 0.717) is 6.42 Å². The normalized spacial score (nSPS) is 16.8. The first-order chi connectivity index (χ1) is 12.2. The van der Waals surface area contributed by atoms with Gasteiger partial charge in [0.05, 0.1) is 6.04 Å². The van der Waals surface area contributed by atoms with Gasteiger partial charge in [0.1, 0.15) is 5.82 Å². The van der Waals surface area contributed by atoms with E-state index in [4.69, 9.17) is 0 Å². The van der Waals surface area contributed by atoms with Crippen LogP contribution >= 0.6 is 0 Å². The maximum atomic E-state index is 12.8. The molecule has 1 aromatic heterocycles. The molecule has 0 saturated carbocycles. The number of amides is 2. The van der Waals surface area contributed by atoms with Crippen LogP contribution < -0.4 is 5.32 Å². The van der Waals surface area contributed by atoms with Gasteiger partial charge in [0.15, 0.2) is 0 Å². The first kappa shape index (κ1) is 17.5. The maximum absolute atomic E-state index is 12.8. The van der Waals surface area contributed by atoms with Crippen molar-refractivity contribution in [2.75, 3.05) is 13.1 Å². The molecule has 1 unspecified atom stereocenters. The van der Waals surface area contributed by atoms with Crippen LogP contribution in [-0.4, -0.2) is 33.6 Å². The number of nitrogens with one attached hydrogen (secondary N) is 1. The summed E-state index contributed by atoms with van der Waals surface area (Å²) < 4.78 is 2.01. The average Bonchev–Trinajstić information content (AvgIpc) is 2.99. The number of aromatic nitrogens is 2. The number of carbonyl (C=O) groups excluding carboxylic acids is 1. The van der Waals surface area contributed by atoms with E-state index >= 15 is 0 Å². The summed E-state index contributed by atoms with van der Waals surface area (Å²) in [5.41, 5.74) is 1.12. The molecule has 1 aliphatic rings. The third-order valence-corrected chi connectivity index (χ3v) is 4.95. The Kier molecular flexibility index (Phi) is 6.09. The first-order valence-corrected chi connectivity index (χ1v) is 9.30. The minimum absolute atomic E-state index is 0.0463. The maximum Gasteiger partial charge on any atom is 0.317 e. The Balaban J connectivity index is 1.72. The lowest BCUT2D eigenvalue weighted by Gasteiger charge is -2.28. The predicted octanol–water partition coefficient (Wildman–Crippen LogP) is 3.68.